The predicted molar refractivity (Wildman–Crippen MR) is 46.9 cm³/mol. The molecule has 2 aliphatic heterocycles. The average Bonchev–Trinajstić information content (AvgIpc) is 2.39. The van der Waals surface area contributed by atoms with Gasteiger partial charge in [0.1, 0.15) is 0 Å². The fourth-order valence-corrected chi connectivity index (χ4v) is 2.77. The second kappa shape index (κ2) is 2.24. The summed E-state index contributed by atoms with van der Waals surface area (Å²) in [6, 6.07) is 0. The first-order valence-electron chi connectivity index (χ1n) is 4.87. The summed E-state index contributed by atoms with van der Waals surface area (Å²) in [5.74, 6) is 0.428. The van der Waals surface area contributed by atoms with Gasteiger partial charge in [0.25, 0.3) is 0 Å². The van der Waals surface area contributed by atoms with Crippen molar-refractivity contribution in [2.45, 2.75) is 57.3 Å². The summed E-state index contributed by atoms with van der Waals surface area (Å²) in [5.41, 5.74) is -0.238. The average molecular weight is 170 g/mol. The highest BCUT2D eigenvalue weighted by Gasteiger charge is 2.60. The van der Waals surface area contributed by atoms with Gasteiger partial charge >= 0.3 is 0 Å². The van der Waals surface area contributed by atoms with E-state index in [1.165, 1.54) is 0 Å². The van der Waals surface area contributed by atoms with Crippen molar-refractivity contribution in [3.05, 3.63) is 0 Å². The maximum atomic E-state index is 9.88. The van der Waals surface area contributed by atoms with Crippen molar-refractivity contribution in [1.82, 2.24) is 0 Å². The monoisotopic (exact) mass is 170 g/mol. The van der Waals surface area contributed by atoms with Crippen molar-refractivity contribution in [3.63, 3.8) is 0 Å². The summed E-state index contributed by atoms with van der Waals surface area (Å²) < 4.78 is 5.97. The summed E-state index contributed by atoms with van der Waals surface area (Å²) >= 11 is 0. The van der Waals surface area contributed by atoms with Crippen LogP contribution in [-0.2, 0) is 4.74 Å². The normalized spacial score (nSPS) is 52.2. The highest BCUT2D eigenvalue weighted by Crippen LogP contribution is 2.53. The maximum absolute atomic E-state index is 9.88. The van der Waals surface area contributed by atoms with E-state index in [9.17, 15) is 5.11 Å². The summed E-state index contributed by atoms with van der Waals surface area (Å²) in [5, 5.41) is 9.88. The van der Waals surface area contributed by atoms with Crippen molar-refractivity contribution in [1.29, 1.82) is 0 Å². The molecule has 2 rings (SSSR count). The smallest absolute Gasteiger partial charge is 0.0972 e. The van der Waals surface area contributed by atoms with Crippen LogP contribution in [-0.4, -0.2) is 22.4 Å². The van der Waals surface area contributed by atoms with E-state index in [1.807, 2.05) is 0 Å². The molecule has 0 unspecified atom stereocenters. The molecule has 3 atom stereocenters. The molecule has 2 fully saturated rings. The summed E-state index contributed by atoms with van der Waals surface area (Å²) in [6.45, 7) is 6.40. The molecule has 2 aliphatic rings. The highest BCUT2D eigenvalue weighted by molar-refractivity contribution is 5.09. The number of rotatable bonds is 1. The van der Waals surface area contributed by atoms with E-state index in [0.29, 0.717) is 5.92 Å². The Balaban J connectivity index is 2.28. The zero-order chi connectivity index (χ0) is 8.98. The first kappa shape index (κ1) is 8.52. The predicted octanol–water partition coefficient (Wildman–Crippen LogP) is 1.71. The van der Waals surface area contributed by atoms with E-state index >= 15 is 0 Å². The second-order valence-corrected chi connectivity index (χ2v) is 4.88. The molecule has 0 spiro atoms. The SMILES string of the molecule is CC(C)[C@@]12CC[C@@](C)(C[C@H]1O)O2. The van der Waals surface area contributed by atoms with Gasteiger partial charge in [0.05, 0.1) is 17.3 Å². The maximum Gasteiger partial charge on any atom is 0.0972 e. The number of hydrogen-bond acceptors (Lipinski definition) is 2. The molecule has 2 saturated heterocycles. The van der Waals surface area contributed by atoms with Gasteiger partial charge in [-0.05, 0) is 25.7 Å². The van der Waals surface area contributed by atoms with Crippen LogP contribution in [0.4, 0.5) is 0 Å². The first-order valence-corrected chi connectivity index (χ1v) is 4.87. The molecule has 0 aromatic carbocycles. The van der Waals surface area contributed by atoms with E-state index in [1.54, 1.807) is 0 Å². The van der Waals surface area contributed by atoms with Gasteiger partial charge in [0.15, 0.2) is 0 Å². The third-order valence-corrected chi connectivity index (χ3v) is 3.65. The van der Waals surface area contributed by atoms with Crippen LogP contribution in [0.25, 0.3) is 0 Å². The van der Waals surface area contributed by atoms with E-state index in [2.05, 4.69) is 20.8 Å². The van der Waals surface area contributed by atoms with Crippen molar-refractivity contribution < 1.29 is 9.84 Å². The van der Waals surface area contributed by atoms with Gasteiger partial charge in [-0.15, -0.1) is 0 Å². The number of hydrogen-bond donors (Lipinski definition) is 1. The molecule has 0 saturated carbocycles. The number of aliphatic hydroxyl groups excluding tert-OH is 1. The van der Waals surface area contributed by atoms with E-state index < -0.39 is 0 Å². The minimum Gasteiger partial charge on any atom is -0.390 e. The van der Waals surface area contributed by atoms with E-state index in [0.717, 1.165) is 19.3 Å². The molecular weight excluding hydrogens is 152 g/mol. The Morgan fingerprint density at radius 3 is 2.33 bits per heavy atom. The molecule has 2 heteroatoms. The fourth-order valence-electron chi connectivity index (χ4n) is 2.77. The van der Waals surface area contributed by atoms with Crippen molar-refractivity contribution in [3.8, 4) is 0 Å². The Kier molecular flexibility index (Phi) is 1.59. The lowest BCUT2D eigenvalue weighted by Crippen LogP contribution is -2.43. The molecule has 2 heterocycles. The highest BCUT2D eigenvalue weighted by atomic mass is 16.6. The Morgan fingerprint density at radius 2 is 2.08 bits per heavy atom. The molecule has 0 aliphatic carbocycles. The van der Waals surface area contributed by atoms with Crippen LogP contribution in [0.1, 0.15) is 40.0 Å². The lowest BCUT2D eigenvalue weighted by atomic mass is 9.75. The van der Waals surface area contributed by atoms with Gasteiger partial charge in [0, 0.05) is 6.42 Å². The standard InChI is InChI=1S/C10H18O2/c1-7(2)10-5-4-9(3,12-10)6-8(10)11/h7-8,11H,4-6H2,1-3H3/t8-,9+,10+/m1/s1. The zero-order valence-electron chi connectivity index (χ0n) is 8.13. The number of aliphatic hydroxyl groups is 1. The topological polar surface area (TPSA) is 29.5 Å². The molecule has 70 valence electrons. The van der Waals surface area contributed by atoms with Gasteiger partial charge < -0.3 is 9.84 Å². The van der Waals surface area contributed by atoms with Crippen molar-refractivity contribution >= 4 is 0 Å². The van der Waals surface area contributed by atoms with Crippen LogP contribution in [0.3, 0.4) is 0 Å². The molecule has 12 heavy (non-hydrogen) atoms. The first-order chi connectivity index (χ1) is 5.49. The van der Waals surface area contributed by atoms with Gasteiger partial charge in [-0.2, -0.15) is 0 Å². The lowest BCUT2D eigenvalue weighted by molar-refractivity contribution is -0.0973. The lowest BCUT2D eigenvalue weighted by Gasteiger charge is -2.33. The van der Waals surface area contributed by atoms with Crippen LogP contribution >= 0.6 is 0 Å². The molecule has 2 nitrogen and oxygen atoms in total. The Bertz CT molecular complexity index is 202. The third-order valence-electron chi connectivity index (χ3n) is 3.65. The Labute approximate surface area is 73.9 Å². The minimum atomic E-state index is -0.240. The summed E-state index contributed by atoms with van der Waals surface area (Å²) in [6.07, 6.45) is 2.73. The van der Waals surface area contributed by atoms with Crippen LogP contribution < -0.4 is 0 Å². The van der Waals surface area contributed by atoms with Gasteiger partial charge in [0.2, 0.25) is 0 Å². The summed E-state index contributed by atoms with van der Waals surface area (Å²) in [4.78, 5) is 0. The van der Waals surface area contributed by atoms with Gasteiger partial charge in [-0.1, -0.05) is 13.8 Å². The van der Waals surface area contributed by atoms with E-state index in [4.69, 9.17) is 4.74 Å². The number of fused-ring (bicyclic) bond motifs is 2. The molecular formula is C10H18O2. The largest absolute Gasteiger partial charge is 0.390 e. The molecule has 0 aromatic rings. The fraction of sp³-hybridized carbons (Fsp3) is 1.00. The third kappa shape index (κ3) is 0.882. The molecule has 2 bridgehead atoms. The Hall–Kier alpha value is -0.0800. The van der Waals surface area contributed by atoms with Gasteiger partial charge in [-0.25, -0.2) is 0 Å². The number of ether oxygens (including phenoxy) is 1. The van der Waals surface area contributed by atoms with Crippen LogP contribution in [0.2, 0.25) is 0 Å². The van der Waals surface area contributed by atoms with Crippen molar-refractivity contribution in [2.75, 3.05) is 0 Å². The molecule has 0 amide bonds. The molecule has 0 aromatic heterocycles. The Morgan fingerprint density at radius 1 is 1.42 bits per heavy atom. The second-order valence-electron chi connectivity index (χ2n) is 4.88. The molecule has 1 N–H and O–H groups in total. The van der Waals surface area contributed by atoms with Crippen LogP contribution in [0.5, 0.6) is 0 Å². The van der Waals surface area contributed by atoms with E-state index in [-0.39, 0.29) is 17.3 Å². The van der Waals surface area contributed by atoms with Crippen LogP contribution in [0, 0.1) is 5.92 Å². The summed E-state index contributed by atoms with van der Waals surface area (Å²) in [7, 11) is 0. The van der Waals surface area contributed by atoms with Crippen LogP contribution in [0.15, 0.2) is 0 Å². The van der Waals surface area contributed by atoms with Gasteiger partial charge in [-0.3, -0.25) is 0 Å². The minimum absolute atomic E-state index is 0.0241. The van der Waals surface area contributed by atoms with Crippen molar-refractivity contribution in [2.24, 2.45) is 5.92 Å². The zero-order valence-corrected chi connectivity index (χ0v) is 8.13. The quantitative estimate of drug-likeness (QED) is 0.649. The molecule has 0 radical (unpaired) electrons.